The predicted octanol–water partition coefficient (Wildman–Crippen LogP) is 3.48. The predicted molar refractivity (Wildman–Crippen MR) is 93.8 cm³/mol. The number of guanidine groups is 1. The van der Waals surface area contributed by atoms with Gasteiger partial charge >= 0.3 is 0 Å². The Bertz CT molecular complexity index is 641. The van der Waals surface area contributed by atoms with Gasteiger partial charge in [-0.1, -0.05) is 13.0 Å². The standard InChI is InChI=1S/C18H23FN4O/c1-3-11-21-18(20-4-2)23-13-14-5-10-17(22-12-14)24-16-8-6-15(19)7-9-16/h5-10,12H,3-4,11,13H2,1-2H3,(H2,20,21,23). The highest BCUT2D eigenvalue weighted by atomic mass is 19.1. The van der Waals surface area contributed by atoms with Gasteiger partial charge in [-0.15, -0.1) is 0 Å². The van der Waals surface area contributed by atoms with Crippen molar-refractivity contribution in [2.75, 3.05) is 13.1 Å². The van der Waals surface area contributed by atoms with Gasteiger partial charge in [0.25, 0.3) is 0 Å². The lowest BCUT2D eigenvalue weighted by Gasteiger charge is -2.10. The summed E-state index contributed by atoms with van der Waals surface area (Å²) in [5.41, 5.74) is 0.982. The van der Waals surface area contributed by atoms with Crippen LogP contribution in [0.3, 0.4) is 0 Å². The third-order valence-corrected chi connectivity index (χ3v) is 3.14. The molecule has 0 saturated heterocycles. The molecular formula is C18H23FN4O. The summed E-state index contributed by atoms with van der Waals surface area (Å²) in [5, 5.41) is 6.45. The van der Waals surface area contributed by atoms with Crippen molar-refractivity contribution in [1.29, 1.82) is 0 Å². The Balaban J connectivity index is 1.94. The molecule has 0 atom stereocenters. The fraction of sp³-hybridized carbons (Fsp3) is 0.333. The van der Waals surface area contributed by atoms with Crippen LogP contribution in [0.4, 0.5) is 4.39 Å². The lowest BCUT2D eigenvalue weighted by atomic mass is 10.3. The number of hydrogen-bond donors (Lipinski definition) is 2. The fourth-order valence-electron chi connectivity index (χ4n) is 1.94. The molecule has 6 heteroatoms. The Morgan fingerprint density at radius 1 is 1.12 bits per heavy atom. The van der Waals surface area contributed by atoms with Crippen LogP contribution in [-0.2, 0) is 6.54 Å². The zero-order valence-corrected chi connectivity index (χ0v) is 14.1. The summed E-state index contributed by atoms with van der Waals surface area (Å²) >= 11 is 0. The summed E-state index contributed by atoms with van der Waals surface area (Å²) in [5.74, 6) is 1.51. The van der Waals surface area contributed by atoms with E-state index in [0.29, 0.717) is 18.2 Å². The third kappa shape index (κ3) is 5.87. The maximum atomic E-state index is 12.9. The van der Waals surface area contributed by atoms with E-state index in [1.54, 1.807) is 24.4 Å². The Labute approximate surface area is 142 Å². The molecule has 0 saturated carbocycles. The van der Waals surface area contributed by atoms with Crippen LogP contribution in [0.5, 0.6) is 11.6 Å². The summed E-state index contributed by atoms with van der Waals surface area (Å²) in [6, 6.07) is 9.53. The number of pyridine rings is 1. The Morgan fingerprint density at radius 2 is 1.92 bits per heavy atom. The molecule has 0 spiro atoms. The topological polar surface area (TPSA) is 58.5 Å². The number of nitrogens with one attached hydrogen (secondary N) is 2. The highest BCUT2D eigenvalue weighted by molar-refractivity contribution is 5.79. The zero-order valence-electron chi connectivity index (χ0n) is 14.1. The molecule has 0 radical (unpaired) electrons. The minimum Gasteiger partial charge on any atom is -0.439 e. The largest absolute Gasteiger partial charge is 0.439 e. The van der Waals surface area contributed by atoms with Crippen LogP contribution < -0.4 is 15.4 Å². The third-order valence-electron chi connectivity index (χ3n) is 3.14. The Kier molecular flexibility index (Phi) is 7.01. The van der Waals surface area contributed by atoms with Crippen molar-refractivity contribution in [2.24, 2.45) is 4.99 Å². The summed E-state index contributed by atoms with van der Waals surface area (Å²) < 4.78 is 18.4. The molecule has 1 aromatic heterocycles. The maximum Gasteiger partial charge on any atom is 0.219 e. The molecule has 1 aromatic carbocycles. The minimum absolute atomic E-state index is 0.295. The molecule has 128 valence electrons. The first-order valence-electron chi connectivity index (χ1n) is 8.11. The average molecular weight is 330 g/mol. The van der Waals surface area contributed by atoms with Gasteiger partial charge < -0.3 is 15.4 Å². The lowest BCUT2D eigenvalue weighted by Crippen LogP contribution is -2.37. The molecule has 0 bridgehead atoms. The van der Waals surface area contributed by atoms with Crippen molar-refractivity contribution in [3.63, 3.8) is 0 Å². The van der Waals surface area contributed by atoms with E-state index in [0.717, 1.165) is 31.0 Å². The Morgan fingerprint density at radius 3 is 2.54 bits per heavy atom. The smallest absolute Gasteiger partial charge is 0.219 e. The van der Waals surface area contributed by atoms with Gasteiger partial charge in [0.2, 0.25) is 5.88 Å². The quantitative estimate of drug-likeness (QED) is 0.603. The van der Waals surface area contributed by atoms with Crippen molar-refractivity contribution < 1.29 is 9.13 Å². The van der Waals surface area contributed by atoms with E-state index in [1.165, 1.54) is 12.1 Å². The molecular weight excluding hydrogens is 307 g/mol. The van der Waals surface area contributed by atoms with Crippen LogP contribution in [0.15, 0.2) is 47.6 Å². The SMILES string of the molecule is CCCNC(=NCc1ccc(Oc2ccc(F)cc2)nc1)NCC. The van der Waals surface area contributed by atoms with Crippen molar-refractivity contribution in [2.45, 2.75) is 26.8 Å². The molecule has 0 aliphatic heterocycles. The zero-order chi connectivity index (χ0) is 17.2. The van der Waals surface area contributed by atoms with Crippen molar-refractivity contribution >= 4 is 5.96 Å². The number of hydrogen-bond acceptors (Lipinski definition) is 3. The summed E-state index contributed by atoms with van der Waals surface area (Å²) in [6.07, 6.45) is 2.77. The number of benzene rings is 1. The molecule has 2 aromatic rings. The van der Waals surface area contributed by atoms with E-state index < -0.39 is 0 Å². The van der Waals surface area contributed by atoms with Crippen LogP contribution in [0.1, 0.15) is 25.8 Å². The second kappa shape index (κ2) is 9.50. The van der Waals surface area contributed by atoms with Gasteiger partial charge in [0.15, 0.2) is 5.96 Å². The van der Waals surface area contributed by atoms with E-state index in [4.69, 9.17) is 4.74 Å². The second-order valence-corrected chi connectivity index (χ2v) is 5.18. The van der Waals surface area contributed by atoms with Gasteiger partial charge in [-0.3, -0.25) is 0 Å². The minimum atomic E-state index is -0.295. The van der Waals surface area contributed by atoms with Crippen LogP contribution in [0.2, 0.25) is 0 Å². The summed E-state index contributed by atoms with van der Waals surface area (Å²) in [7, 11) is 0. The molecule has 0 fully saturated rings. The molecule has 24 heavy (non-hydrogen) atoms. The molecule has 2 rings (SSSR count). The van der Waals surface area contributed by atoms with Gasteiger partial charge in [-0.25, -0.2) is 14.4 Å². The molecule has 0 aliphatic carbocycles. The second-order valence-electron chi connectivity index (χ2n) is 5.18. The summed E-state index contributed by atoms with van der Waals surface area (Å²) in [6.45, 7) is 6.38. The lowest BCUT2D eigenvalue weighted by molar-refractivity contribution is 0.461. The van der Waals surface area contributed by atoms with Crippen molar-refractivity contribution in [1.82, 2.24) is 15.6 Å². The maximum absolute atomic E-state index is 12.9. The first-order chi connectivity index (χ1) is 11.7. The number of halogens is 1. The van der Waals surface area contributed by atoms with Gasteiger partial charge in [-0.05, 0) is 43.2 Å². The molecule has 0 aliphatic rings. The van der Waals surface area contributed by atoms with E-state index in [1.807, 2.05) is 13.0 Å². The number of ether oxygens (including phenoxy) is 1. The molecule has 2 N–H and O–H groups in total. The highest BCUT2D eigenvalue weighted by Gasteiger charge is 2.01. The van der Waals surface area contributed by atoms with Crippen molar-refractivity contribution in [3.05, 3.63) is 54.0 Å². The molecule has 0 amide bonds. The van der Waals surface area contributed by atoms with Gasteiger partial charge in [-0.2, -0.15) is 0 Å². The van der Waals surface area contributed by atoms with E-state index in [9.17, 15) is 4.39 Å². The van der Waals surface area contributed by atoms with Crippen LogP contribution in [-0.4, -0.2) is 24.0 Å². The van der Waals surface area contributed by atoms with Crippen LogP contribution >= 0.6 is 0 Å². The molecule has 0 unspecified atom stereocenters. The summed E-state index contributed by atoms with van der Waals surface area (Å²) in [4.78, 5) is 8.77. The molecule has 1 heterocycles. The number of rotatable bonds is 7. The first kappa shape index (κ1) is 17.7. The molecule has 5 nitrogen and oxygen atoms in total. The van der Waals surface area contributed by atoms with Crippen LogP contribution in [0.25, 0.3) is 0 Å². The number of aromatic nitrogens is 1. The van der Waals surface area contributed by atoms with E-state index in [-0.39, 0.29) is 5.82 Å². The fourth-order valence-corrected chi connectivity index (χ4v) is 1.94. The number of nitrogens with zero attached hydrogens (tertiary/aromatic N) is 2. The van der Waals surface area contributed by atoms with E-state index >= 15 is 0 Å². The average Bonchev–Trinajstić information content (AvgIpc) is 2.60. The van der Waals surface area contributed by atoms with Gasteiger partial charge in [0, 0.05) is 25.4 Å². The van der Waals surface area contributed by atoms with E-state index in [2.05, 4.69) is 27.5 Å². The van der Waals surface area contributed by atoms with Gasteiger partial charge in [0.05, 0.1) is 6.54 Å². The monoisotopic (exact) mass is 330 g/mol. The number of aliphatic imine (C=N–C) groups is 1. The normalized spacial score (nSPS) is 11.2. The Hall–Kier alpha value is -2.63. The first-order valence-corrected chi connectivity index (χ1v) is 8.11. The van der Waals surface area contributed by atoms with Gasteiger partial charge in [0.1, 0.15) is 11.6 Å². The van der Waals surface area contributed by atoms with Crippen molar-refractivity contribution in [3.8, 4) is 11.6 Å². The van der Waals surface area contributed by atoms with Crippen LogP contribution in [0, 0.1) is 5.82 Å². The highest BCUT2D eigenvalue weighted by Crippen LogP contribution is 2.19.